The number of aryl methyl sites for hydroxylation is 1. The van der Waals surface area contributed by atoms with Gasteiger partial charge in [0.1, 0.15) is 12.1 Å². The Labute approximate surface area is 165 Å². The van der Waals surface area contributed by atoms with Crippen molar-refractivity contribution < 1.29 is 14.6 Å². The summed E-state index contributed by atoms with van der Waals surface area (Å²) in [7, 11) is 3.37. The first-order valence-electron chi connectivity index (χ1n) is 7.88. The number of ether oxygens (including phenoxy) is 1. The maximum Gasteiger partial charge on any atom is 0.241 e. The number of carbonyl (C=O) groups excluding carboxylic acids is 1. The molecule has 1 rings (SSSR count). The van der Waals surface area contributed by atoms with Gasteiger partial charge in [0.05, 0.1) is 19.3 Å². The molecule has 0 saturated carbocycles. The van der Waals surface area contributed by atoms with Gasteiger partial charge in [-0.2, -0.15) is 5.10 Å². The first kappa shape index (κ1) is 23.6. The van der Waals surface area contributed by atoms with Gasteiger partial charge in [-0.15, -0.1) is 24.0 Å². The molecule has 0 aliphatic heterocycles. The second-order valence-corrected chi connectivity index (χ2v) is 5.57. The monoisotopic (exact) mass is 468 g/mol. The van der Waals surface area contributed by atoms with Gasteiger partial charge >= 0.3 is 0 Å². The Balaban J connectivity index is 0.00000576. The van der Waals surface area contributed by atoms with Crippen molar-refractivity contribution in [2.24, 2.45) is 12.0 Å². The molecule has 0 radical (unpaired) electrons. The van der Waals surface area contributed by atoms with Crippen molar-refractivity contribution in [3.05, 3.63) is 18.0 Å². The largest absolute Gasteiger partial charge is 0.383 e. The number of aliphatic imine (C=N–C) groups is 1. The van der Waals surface area contributed by atoms with Crippen LogP contribution in [0, 0.1) is 0 Å². The summed E-state index contributed by atoms with van der Waals surface area (Å²) in [5.74, 6) is 0.270. The third-order valence-corrected chi connectivity index (χ3v) is 3.28. The van der Waals surface area contributed by atoms with Crippen molar-refractivity contribution in [2.45, 2.75) is 19.4 Å². The number of rotatable bonds is 9. The third-order valence-electron chi connectivity index (χ3n) is 3.28. The van der Waals surface area contributed by atoms with E-state index < -0.39 is 5.60 Å². The number of aliphatic hydroxyl groups is 1. The third kappa shape index (κ3) is 9.02. The number of hydrogen-bond acceptors (Lipinski definition) is 5. The second-order valence-electron chi connectivity index (χ2n) is 5.57. The summed E-state index contributed by atoms with van der Waals surface area (Å²) in [4.78, 5) is 15.9. The van der Waals surface area contributed by atoms with Crippen LogP contribution in [0.5, 0.6) is 0 Å². The molecule has 0 saturated heterocycles. The molecule has 0 spiro atoms. The quantitative estimate of drug-likeness (QED) is 0.169. The van der Waals surface area contributed by atoms with Crippen LogP contribution in [0.4, 0.5) is 0 Å². The topological polar surface area (TPSA) is 113 Å². The van der Waals surface area contributed by atoms with Gasteiger partial charge in [0.2, 0.25) is 5.91 Å². The Bertz CT molecular complexity index is 547. The molecule has 4 N–H and O–H groups in total. The van der Waals surface area contributed by atoms with Crippen LogP contribution in [0.25, 0.3) is 0 Å². The lowest BCUT2D eigenvalue weighted by Gasteiger charge is -2.23. The normalized spacial score (nSPS) is 13.6. The van der Waals surface area contributed by atoms with Crippen molar-refractivity contribution in [3.8, 4) is 0 Å². The summed E-state index contributed by atoms with van der Waals surface area (Å²) in [6.07, 6.45) is 3.38. The van der Waals surface area contributed by atoms with E-state index in [9.17, 15) is 9.90 Å². The number of aromatic nitrogens is 2. The standard InChI is InChI=1S/C15H28N6O3.HI/c1-5-16-14(18-9-13(22)17-6-7-24-4)19-11-15(2,23)12-8-20-21(3)10-12;/h8,10,23H,5-7,9,11H2,1-4H3,(H,17,22)(H2,16,18,19);1H. The summed E-state index contributed by atoms with van der Waals surface area (Å²) >= 11 is 0. The molecule has 1 aromatic heterocycles. The molecule has 1 amide bonds. The van der Waals surface area contributed by atoms with Crippen LogP contribution in [0.1, 0.15) is 19.4 Å². The van der Waals surface area contributed by atoms with Crippen LogP contribution in [-0.4, -0.2) is 66.6 Å². The lowest BCUT2D eigenvalue weighted by molar-refractivity contribution is -0.119. The number of nitrogens with zero attached hydrogens (tertiary/aromatic N) is 3. The fraction of sp³-hybridized carbons (Fsp3) is 0.667. The van der Waals surface area contributed by atoms with Crippen LogP contribution < -0.4 is 16.0 Å². The molecule has 0 aliphatic carbocycles. The van der Waals surface area contributed by atoms with E-state index >= 15 is 0 Å². The van der Waals surface area contributed by atoms with Crippen LogP contribution >= 0.6 is 24.0 Å². The average molecular weight is 468 g/mol. The number of carbonyl (C=O) groups is 1. The molecule has 1 aromatic rings. The summed E-state index contributed by atoms with van der Waals surface area (Å²) in [6, 6.07) is 0. The molecular weight excluding hydrogens is 439 g/mol. The van der Waals surface area contributed by atoms with Gasteiger partial charge in [0.25, 0.3) is 0 Å². The fourth-order valence-electron chi connectivity index (χ4n) is 1.90. The van der Waals surface area contributed by atoms with E-state index in [0.29, 0.717) is 31.2 Å². The zero-order valence-corrected chi connectivity index (χ0v) is 17.5. The highest BCUT2D eigenvalue weighted by molar-refractivity contribution is 14.0. The highest BCUT2D eigenvalue weighted by Crippen LogP contribution is 2.18. The van der Waals surface area contributed by atoms with Crippen molar-refractivity contribution in [1.82, 2.24) is 25.7 Å². The molecule has 0 fully saturated rings. The highest BCUT2D eigenvalue weighted by Gasteiger charge is 2.25. The number of hydrogen-bond donors (Lipinski definition) is 4. The number of methoxy groups -OCH3 is 1. The van der Waals surface area contributed by atoms with Gasteiger partial charge in [-0.1, -0.05) is 0 Å². The van der Waals surface area contributed by atoms with Crippen LogP contribution in [-0.2, 0) is 22.2 Å². The van der Waals surface area contributed by atoms with Gasteiger partial charge in [0.15, 0.2) is 5.96 Å². The predicted octanol–water partition coefficient (Wildman–Crippen LogP) is -0.437. The molecule has 0 aromatic carbocycles. The van der Waals surface area contributed by atoms with E-state index in [1.54, 1.807) is 38.2 Å². The number of halogens is 1. The first-order chi connectivity index (χ1) is 11.4. The summed E-state index contributed by atoms with van der Waals surface area (Å²) in [6.45, 7) is 5.40. The van der Waals surface area contributed by atoms with E-state index in [1.807, 2.05) is 6.92 Å². The second kappa shape index (κ2) is 12.0. The number of guanidine groups is 1. The van der Waals surface area contributed by atoms with Crippen LogP contribution in [0.2, 0.25) is 0 Å². The minimum Gasteiger partial charge on any atom is -0.383 e. The van der Waals surface area contributed by atoms with Crippen molar-refractivity contribution in [2.75, 3.05) is 39.9 Å². The maximum absolute atomic E-state index is 11.7. The smallest absolute Gasteiger partial charge is 0.241 e. The van der Waals surface area contributed by atoms with Crippen LogP contribution in [0.3, 0.4) is 0 Å². The average Bonchev–Trinajstić information content (AvgIpc) is 2.98. The minimum absolute atomic E-state index is 0. The zero-order valence-electron chi connectivity index (χ0n) is 15.2. The Hall–Kier alpha value is -1.40. The van der Waals surface area contributed by atoms with E-state index in [0.717, 1.165) is 0 Å². The molecule has 1 unspecified atom stereocenters. The Morgan fingerprint density at radius 3 is 2.72 bits per heavy atom. The molecule has 9 nitrogen and oxygen atoms in total. The fourth-order valence-corrected chi connectivity index (χ4v) is 1.90. The van der Waals surface area contributed by atoms with E-state index in [2.05, 4.69) is 26.0 Å². The number of amides is 1. The highest BCUT2D eigenvalue weighted by atomic mass is 127. The van der Waals surface area contributed by atoms with Gasteiger partial charge in [-0.3, -0.25) is 9.48 Å². The van der Waals surface area contributed by atoms with Crippen molar-refractivity contribution in [1.29, 1.82) is 0 Å². The Morgan fingerprint density at radius 1 is 1.44 bits per heavy atom. The molecule has 25 heavy (non-hydrogen) atoms. The molecule has 0 bridgehead atoms. The minimum atomic E-state index is -1.11. The van der Waals surface area contributed by atoms with E-state index in [-0.39, 0.29) is 43.0 Å². The lowest BCUT2D eigenvalue weighted by atomic mass is 10.00. The molecule has 1 atom stereocenters. The Morgan fingerprint density at radius 2 is 2.16 bits per heavy atom. The van der Waals surface area contributed by atoms with Gasteiger partial charge < -0.3 is 25.8 Å². The zero-order chi connectivity index (χ0) is 18.0. The number of nitrogens with one attached hydrogen (secondary N) is 3. The van der Waals surface area contributed by atoms with Gasteiger partial charge in [0, 0.05) is 39.0 Å². The summed E-state index contributed by atoms with van der Waals surface area (Å²) < 4.78 is 6.50. The van der Waals surface area contributed by atoms with Crippen LogP contribution in [0.15, 0.2) is 17.4 Å². The molecule has 1 heterocycles. The summed E-state index contributed by atoms with van der Waals surface area (Å²) in [5, 5.41) is 23.4. The Kier molecular flexibility index (Phi) is 11.4. The lowest BCUT2D eigenvalue weighted by Crippen LogP contribution is -2.45. The van der Waals surface area contributed by atoms with Crippen molar-refractivity contribution >= 4 is 35.8 Å². The van der Waals surface area contributed by atoms with Crippen molar-refractivity contribution in [3.63, 3.8) is 0 Å². The predicted molar refractivity (Wildman–Crippen MR) is 107 cm³/mol. The molecule has 144 valence electrons. The van der Waals surface area contributed by atoms with E-state index in [1.165, 1.54) is 0 Å². The summed E-state index contributed by atoms with van der Waals surface area (Å²) in [5.41, 5.74) is -0.406. The maximum atomic E-state index is 11.7. The first-order valence-corrected chi connectivity index (χ1v) is 7.88. The SMILES string of the molecule is CCNC(=NCC(=O)NCCOC)NCC(C)(O)c1cnn(C)c1.I. The van der Waals surface area contributed by atoms with Gasteiger partial charge in [-0.25, -0.2) is 4.99 Å². The molecule has 0 aliphatic rings. The van der Waals surface area contributed by atoms with E-state index in [4.69, 9.17) is 4.74 Å². The van der Waals surface area contributed by atoms with Gasteiger partial charge in [-0.05, 0) is 13.8 Å². The molecule has 10 heteroatoms. The molecular formula is C15H29IN6O3.